The Morgan fingerprint density at radius 3 is 2.67 bits per heavy atom. The predicted molar refractivity (Wildman–Crippen MR) is 169 cm³/mol. The normalized spacial score (nSPS) is 22.4. The summed E-state index contributed by atoms with van der Waals surface area (Å²) in [6.45, 7) is -0.0781. The van der Waals surface area contributed by atoms with E-state index >= 15 is 0 Å². The van der Waals surface area contributed by atoms with E-state index in [-0.39, 0.29) is 25.7 Å². The summed E-state index contributed by atoms with van der Waals surface area (Å²) in [7, 11) is 1.50. The summed E-state index contributed by atoms with van der Waals surface area (Å²) in [5, 5.41) is 35.1. The van der Waals surface area contributed by atoms with Crippen LogP contribution in [0, 0.1) is 5.92 Å². The smallest absolute Gasteiger partial charge is 0.247 e. The van der Waals surface area contributed by atoms with Gasteiger partial charge in [0, 0.05) is 48.3 Å². The van der Waals surface area contributed by atoms with E-state index in [9.17, 15) is 24.9 Å². The number of aromatic amines is 1. The molecule has 0 bridgehead atoms. The van der Waals surface area contributed by atoms with E-state index in [0.29, 0.717) is 53.5 Å². The van der Waals surface area contributed by atoms with Crippen molar-refractivity contribution in [2.75, 3.05) is 26.8 Å². The van der Waals surface area contributed by atoms with Gasteiger partial charge in [-0.3, -0.25) is 9.59 Å². The molecule has 1 aromatic heterocycles. The van der Waals surface area contributed by atoms with E-state index in [0.717, 1.165) is 35.9 Å². The minimum atomic E-state index is -1.14. The number of para-hydroxylation sites is 1. The molecule has 1 aliphatic heterocycles. The summed E-state index contributed by atoms with van der Waals surface area (Å²) in [6, 6.07) is 12.7. The Balaban J connectivity index is 1.35. The van der Waals surface area contributed by atoms with Gasteiger partial charge in [-0.2, -0.15) is 0 Å². The van der Waals surface area contributed by atoms with Crippen molar-refractivity contribution < 1.29 is 34.4 Å². The number of hydrogen-bond donors (Lipinski definition) is 5. The van der Waals surface area contributed by atoms with Gasteiger partial charge in [-0.15, -0.1) is 0 Å². The molecule has 0 spiro atoms. The van der Waals surface area contributed by atoms with Crippen molar-refractivity contribution in [3.05, 3.63) is 70.9 Å². The van der Waals surface area contributed by atoms with Crippen LogP contribution in [0.5, 0.6) is 11.5 Å². The van der Waals surface area contributed by atoms with Crippen LogP contribution in [0.3, 0.4) is 0 Å². The number of rotatable bonds is 12. The van der Waals surface area contributed by atoms with E-state index in [1.807, 2.05) is 24.3 Å². The minimum Gasteiger partial charge on any atom is -0.493 e. The molecule has 240 valence electrons. The Morgan fingerprint density at radius 2 is 1.93 bits per heavy atom. The van der Waals surface area contributed by atoms with Gasteiger partial charge in [0.05, 0.1) is 32.3 Å². The summed E-state index contributed by atoms with van der Waals surface area (Å²) < 4.78 is 11.9. The average Bonchev–Trinajstić information content (AvgIpc) is 3.82. The molecule has 4 unspecified atom stereocenters. The van der Waals surface area contributed by atoms with Crippen molar-refractivity contribution in [3.63, 3.8) is 0 Å². The summed E-state index contributed by atoms with van der Waals surface area (Å²) in [5.41, 5.74) is 3.55. The molecule has 2 aromatic carbocycles. The molecule has 6 rings (SSSR count). The molecular formula is C35H43N3O7. The van der Waals surface area contributed by atoms with Crippen LogP contribution >= 0.6 is 0 Å². The van der Waals surface area contributed by atoms with Crippen LogP contribution in [0.25, 0.3) is 10.9 Å². The zero-order valence-electron chi connectivity index (χ0n) is 25.7. The summed E-state index contributed by atoms with van der Waals surface area (Å²) >= 11 is 0. The quantitative estimate of drug-likeness (QED) is 0.210. The zero-order chi connectivity index (χ0) is 31.5. The number of carbonyl (C=O) groups excluding carboxylic acids is 2. The maximum atomic E-state index is 14.0. The number of benzene rings is 2. The van der Waals surface area contributed by atoms with Crippen LogP contribution in [-0.2, 0) is 22.6 Å². The van der Waals surface area contributed by atoms with Gasteiger partial charge >= 0.3 is 0 Å². The van der Waals surface area contributed by atoms with Gasteiger partial charge in [0.1, 0.15) is 12.2 Å². The number of amides is 2. The van der Waals surface area contributed by atoms with Gasteiger partial charge in [0.15, 0.2) is 11.5 Å². The maximum Gasteiger partial charge on any atom is 0.247 e. The van der Waals surface area contributed by atoms with Gasteiger partial charge in [0.2, 0.25) is 11.8 Å². The van der Waals surface area contributed by atoms with Crippen molar-refractivity contribution in [3.8, 4) is 11.5 Å². The second-order valence-electron chi connectivity index (χ2n) is 12.4. The van der Waals surface area contributed by atoms with E-state index in [1.54, 1.807) is 23.1 Å². The number of nitrogens with zero attached hydrogens (tertiary/aromatic N) is 1. The molecule has 0 saturated heterocycles. The lowest BCUT2D eigenvalue weighted by molar-refractivity contribution is -0.137. The summed E-state index contributed by atoms with van der Waals surface area (Å²) in [4.78, 5) is 32.8. The first-order valence-corrected chi connectivity index (χ1v) is 16.0. The van der Waals surface area contributed by atoms with Crippen molar-refractivity contribution in [1.29, 1.82) is 0 Å². The second kappa shape index (κ2) is 13.6. The highest BCUT2D eigenvalue weighted by Crippen LogP contribution is 2.51. The number of aliphatic hydroxyl groups excluding tert-OH is 3. The van der Waals surface area contributed by atoms with Crippen LogP contribution in [0.2, 0.25) is 0 Å². The van der Waals surface area contributed by atoms with Crippen LogP contribution in [0.4, 0.5) is 0 Å². The first-order chi connectivity index (χ1) is 21.9. The Kier molecular flexibility index (Phi) is 9.44. The number of methoxy groups -OCH3 is 1. The van der Waals surface area contributed by atoms with E-state index in [4.69, 9.17) is 9.47 Å². The fourth-order valence-corrected chi connectivity index (χ4v) is 7.34. The van der Waals surface area contributed by atoms with Crippen molar-refractivity contribution in [2.45, 2.75) is 75.7 Å². The lowest BCUT2D eigenvalue weighted by Crippen LogP contribution is -2.56. The average molecular weight is 618 g/mol. The number of ether oxygens (including phenoxy) is 2. The maximum absolute atomic E-state index is 14.0. The molecule has 2 amide bonds. The summed E-state index contributed by atoms with van der Waals surface area (Å²) in [5.74, 6) is 0.198. The lowest BCUT2D eigenvalue weighted by atomic mass is 9.77. The number of nitrogens with one attached hydrogen (secondary N) is 2. The van der Waals surface area contributed by atoms with Crippen molar-refractivity contribution >= 4 is 22.7 Å². The number of fused-ring (bicyclic) bond motifs is 4. The van der Waals surface area contributed by atoms with E-state index in [2.05, 4.69) is 16.4 Å². The summed E-state index contributed by atoms with van der Waals surface area (Å²) in [6.07, 6.45) is 6.06. The van der Waals surface area contributed by atoms with Gasteiger partial charge in [-0.1, -0.05) is 43.9 Å². The topological polar surface area (TPSA) is 144 Å². The number of carbonyl (C=O) groups is 2. The Morgan fingerprint density at radius 1 is 1.13 bits per heavy atom. The van der Waals surface area contributed by atoms with Gasteiger partial charge < -0.3 is 40.0 Å². The highest BCUT2D eigenvalue weighted by molar-refractivity contribution is 5.96. The molecule has 3 aromatic rings. The molecule has 2 aliphatic carbocycles. The van der Waals surface area contributed by atoms with Crippen LogP contribution < -0.4 is 14.8 Å². The van der Waals surface area contributed by atoms with Gasteiger partial charge in [0.25, 0.3) is 0 Å². The third-order valence-corrected chi connectivity index (χ3v) is 9.62. The molecule has 5 N–H and O–H groups in total. The van der Waals surface area contributed by atoms with Crippen LogP contribution in [0.15, 0.2) is 54.1 Å². The molecule has 4 atom stereocenters. The Labute approximate surface area is 263 Å². The Hall–Kier alpha value is -3.86. The van der Waals surface area contributed by atoms with Crippen LogP contribution in [0.1, 0.15) is 61.3 Å². The number of aromatic nitrogens is 1. The van der Waals surface area contributed by atoms with Crippen molar-refractivity contribution in [1.82, 2.24) is 15.2 Å². The lowest BCUT2D eigenvalue weighted by Gasteiger charge is -2.41. The largest absolute Gasteiger partial charge is 0.493 e. The molecule has 0 radical (unpaired) electrons. The number of hydrogen-bond acceptors (Lipinski definition) is 7. The van der Waals surface area contributed by atoms with Gasteiger partial charge in [-0.05, 0) is 53.6 Å². The number of H-pyrrole nitrogens is 1. The van der Waals surface area contributed by atoms with Crippen LogP contribution in [-0.4, -0.2) is 82.1 Å². The molecule has 1 fully saturated rings. The molecule has 10 nitrogen and oxygen atoms in total. The first kappa shape index (κ1) is 31.1. The second-order valence-corrected chi connectivity index (χ2v) is 12.4. The highest BCUT2D eigenvalue weighted by atomic mass is 16.5. The van der Waals surface area contributed by atoms with Crippen molar-refractivity contribution in [2.24, 2.45) is 5.92 Å². The standard InChI is InChI=1S/C35H43N3O7/c1-44-29-17-22(20-40)16-25-31-26(35(43)36-13-15-39)19-28(32(42)34(31)45-33(25)29)38(30(41)11-10-21-6-2-3-7-21)14-12-24-18-23-8-4-5-9-27(23)37-24/h4-5,8-9,16-19,21,28,31-32,34,37,39-40,42H,2-3,6-7,10-15,20H2,1H3,(H,36,43). The number of aliphatic hydroxyl groups is 3. The third kappa shape index (κ3) is 6.32. The third-order valence-electron chi connectivity index (χ3n) is 9.62. The molecule has 10 heteroatoms. The SMILES string of the molecule is COc1cc(CO)cc2c1OC1C2C(C(=O)NCCO)=CC(N(CCc2cc3ccccc3[nH]2)C(=O)CCC2CCCC2)C1O. The Bertz CT molecular complexity index is 1530. The monoisotopic (exact) mass is 617 g/mol. The zero-order valence-corrected chi connectivity index (χ0v) is 25.7. The fourth-order valence-electron chi connectivity index (χ4n) is 7.34. The first-order valence-electron chi connectivity index (χ1n) is 16.0. The molecule has 3 aliphatic rings. The highest BCUT2D eigenvalue weighted by Gasteiger charge is 2.51. The fraction of sp³-hybridized carbons (Fsp3) is 0.486. The van der Waals surface area contributed by atoms with E-state index in [1.165, 1.54) is 20.0 Å². The minimum absolute atomic E-state index is 0.0545. The molecule has 1 saturated carbocycles. The molecule has 2 heterocycles. The molecule has 45 heavy (non-hydrogen) atoms. The molecular weight excluding hydrogens is 574 g/mol. The van der Waals surface area contributed by atoms with E-state index < -0.39 is 30.1 Å². The predicted octanol–water partition coefficient (Wildman–Crippen LogP) is 3.33. The van der Waals surface area contributed by atoms with Gasteiger partial charge in [-0.25, -0.2) is 0 Å².